The van der Waals surface area contributed by atoms with Crippen molar-refractivity contribution in [1.29, 1.82) is 0 Å². The van der Waals surface area contributed by atoms with Gasteiger partial charge in [-0.25, -0.2) is 4.98 Å². The minimum absolute atomic E-state index is 0.133. The lowest BCUT2D eigenvalue weighted by molar-refractivity contribution is -0.116. The Bertz CT molecular complexity index is 1040. The molecule has 0 saturated heterocycles. The van der Waals surface area contributed by atoms with Gasteiger partial charge in [-0.05, 0) is 24.3 Å². The van der Waals surface area contributed by atoms with E-state index in [1.54, 1.807) is 35.5 Å². The van der Waals surface area contributed by atoms with E-state index < -0.39 is 0 Å². The van der Waals surface area contributed by atoms with Gasteiger partial charge in [0.1, 0.15) is 6.54 Å². The van der Waals surface area contributed by atoms with Gasteiger partial charge >= 0.3 is 0 Å². The van der Waals surface area contributed by atoms with Crippen LogP contribution in [-0.4, -0.2) is 25.2 Å². The summed E-state index contributed by atoms with van der Waals surface area (Å²) >= 11 is 6.31. The van der Waals surface area contributed by atoms with Crippen molar-refractivity contribution in [2.45, 2.75) is 6.54 Å². The number of fused-ring (bicyclic) bond motifs is 1. The Kier molecular flexibility index (Phi) is 3.95. The fourth-order valence-electron chi connectivity index (χ4n) is 2.68. The summed E-state index contributed by atoms with van der Waals surface area (Å²) in [5.41, 5.74) is 2.36. The second kappa shape index (κ2) is 6.41. The highest BCUT2D eigenvalue weighted by Gasteiger charge is 2.09. The minimum atomic E-state index is -0.166. The van der Waals surface area contributed by atoms with Gasteiger partial charge in [0.25, 0.3) is 0 Å². The molecule has 25 heavy (non-hydrogen) atoms. The van der Waals surface area contributed by atoms with Crippen molar-refractivity contribution in [3.63, 3.8) is 0 Å². The van der Waals surface area contributed by atoms with Crippen molar-refractivity contribution in [3.8, 4) is 5.69 Å². The van der Waals surface area contributed by atoms with Crippen molar-refractivity contribution in [3.05, 3.63) is 72.4 Å². The van der Waals surface area contributed by atoms with E-state index in [0.717, 1.165) is 16.6 Å². The van der Waals surface area contributed by atoms with Crippen molar-refractivity contribution < 1.29 is 4.79 Å². The number of aromatic nitrogens is 4. The molecular weight excluding hydrogens is 338 g/mol. The van der Waals surface area contributed by atoms with Crippen LogP contribution in [0.4, 0.5) is 5.69 Å². The zero-order valence-electron chi connectivity index (χ0n) is 13.1. The number of benzene rings is 2. The first-order valence-electron chi connectivity index (χ1n) is 7.69. The second-order valence-corrected chi connectivity index (χ2v) is 5.95. The molecule has 2 aromatic heterocycles. The maximum atomic E-state index is 12.3. The summed E-state index contributed by atoms with van der Waals surface area (Å²) in [6.07, 6.45) is 6.91. The number of halogens is 1. The molecule has 4 aromatic rings. The summed E-state index contributed by atoms with van der Waals surface area (Å²) in [6, 6.07) is 13.1. The molecule has 0 unspecified atom stereocenters. The number of rotatable bonds is 4. The van der Waals surface area contributed by atoms with Gasteiger partial charge in [-0.1, -0.05) is 29.8 Å². The highest BCUT2D eigenvalue weighted by Crippen LogP contribution is 2.24. The van der Waals surface area contributed by atoms with Crippen LogP contribution < -0.4 is 5.32 Å². The molecule has 2 heterocycles. The Balaban J connectivity index is 1.50. The SMILES string of the molecule is O=C(Cn1ncc2ccccc21)Nc1ccc(-n2ccnc2)c(Cl)c1. The molecule has 0 atom stereocenters. The van der Waals surface area contributed by atoms with Gasteiger partial charge < -0.3 is 9.88 Å². The number of anilines is 1. The molecular formula is C18H14ClN5O. The van der Waals surface area contributed by atoms with Crippen LogP contribution in [0.3, 0.4) is 0 Å². The molecule has 6 nitrogen and oxygen atoms in total. The van der Waals surface area contributed by atoms with E-state index >= 15 is 0 Å². The predicted molar refractivity (Wildman–Crippen MR) is 96.9 cm³/mol. The summed E-state index contributed by atoms with van der Waals surface area (Å²) in [5.74, 6) is -0.166. The summed E-state index contributed by atoms with van der Waals surface area (Å²) in [4.78, 5) is 16.3. The van der Waals surface area contributed by atoms with Crippen LogP contribution in [0.5, 0.6) is 0 Å². The topological polar surface area (TPSA) is 64.7 Å². The summed E-state index contributed by atoms with van der Waals surface area (Å²) in [6.45, 7) is 0.133. The number of carbonyl (C=O) groups excluding carboxylic acids is 1. The van der Waals surface area contributed by atoms with Gasteiger partial charge in [-0.2, -0.15) is 5.10 Å². The highest BCUT2D eigenvalue weighted by atomic mass is 35.5. The lowest BCUT2D eigenvalue weighted by Crippen LogP contribution is -2.19. The first-order chi connectivity index (χ1) is 12.2. The summed E-state index contributed by atoms with van der Waals surface area (Å²) in [5, 5.41) is 8.64. The van der Waals surface area contributed by atoms with Gasteiger partial charge in [0.05, 0.1) is 28.8 Å². The molecule has 0 fully saturated rings. The molecule has 0 saturated carbocycles. The van der Waals surface area contributed by atoms with Gasteiger partial charge in [0.15, 0.2) is 0 Å². The van der Waals surface area contributed by atoms with Crippen LogP contribution in [0, 0.1) is 0 Å². The third kappa shape index (κ3) is 3.12. The maximum absolute atomic E-state index is 12.3. The highest BCUT2D eigenvalue weighted by molar-refractivity contribution is 6.32. The van der Waals surface area contributed by atoms with Crippen LogP contribution >= 0.6 is 11.6 Å². The number of para-hydroxylation sites is 1. The molecule has 1 amide bonds. The van der Waals surface area contributed by atoms with Crippen molar-refractivity contribution in [2.24, 2.45) is 0 Å². The number of nitrogens with one attached hydrogen (secondary N) is 1. The lowest BCUT2D eigenvalue weighted by Gasteiger charge is -2.10. The van der Waals surface area contributed by atoms with E-state index in [9.17, 15) is 4.79 Å². The van der Waals surface area contributed by atoms with Gasteiger partial charge in [-0.3, -0.25) is 9.48 Å². The Labute approximate surface area is 148 Å². The zero-order valence-corrected chi connectivity index (χ0v) is 13.9. The third-order valence-corrected chi connectivity index (χ3v) is 4.16. The van der Waals surface area contributed by atoms with E-state index in [-0.39, 0.29) is 12.5 Å². The van der Waals surface area contributed by atoms with Crippen molar-refractivity contribution in [2.75, 3.05) is 5.32 Å². The maximum Gasteiger partial charge on any atom is 0.246 e. The minimum Gasteiger partial charge on any atom is -0.324 e. The Morgan fingerprint density at radius 1 is 1.20 bits per heavy atom. The van der Waals surface area contributed by atoms with Crippen LogP contribution in [0.2, 0.25) is 5.02 Å². The average molecular weight is 352 g/mol. The van der Waals surface area contributed by atoms with Gasteiger partial charge in [-0.15, -0.1) is 0 Å². The predicted octanol–water partition coefficient (Wildman–Crippen LogP) is 3.51. The van der Waals surface area contributed by atoms with E-state index in [4.69, 9.17) is 11.6 Å². The first kappa shape index (κ1) is 15.4. The standard InChI is InChI=1S/C18H14ClN5O/c19-15-9-14(5-6-17(15)23-8-7-20-12-23)22-18(25)11-24-16-4-2-1-3-13(16)10-21-24/h1-10,12H,11H2,(H,22,25). The molecule has 124 valence electrons. The van der Waals surface area contributed by atoms with Crippen LogP contribution in [0.15, 0.2) is 67.4 Å². The van der Waals surface area contributed by atoms with Crippen LogP contribution in [0.25, 0.3) is 16.6 Å². The number of imidazole rings is 1. The Morgan fingerprint density at radius 2 is 2.08 bits per heavy atom. The van der Waals surface area contributed by atoms with Gasteiger partial charge in [0.2, 0.25) is 5.91 Å². The first-order valence-corrected chi connectivity index (χ1v) is 8.07. The Morgan fingerprint density at radius 3 is 2.88 bits per heavy atom. The number of amides is 1. The van der Waals surface area contributed by atoms with E-state index in [0.29, 0.717) is 10.7 Å². The zero-order chi connectivity index (χ0) is 17.2. The van der Waals surface area contributed by atoms with Crippen LogP contribution in [0.1, 0.15) is 0 Å². The largest absolute Gasteiger partial charge is 0.324 e. The summed E-state index contributed by atoms with van der Waals surface area (Å²) < 4.78 is 3.48. The van der Waals surface area contributed by atoms with E-state index in [1.165, 1.54) is 0 Å². The number of hydrogen-bond donors (Lipinski definition) is 1. The average Bonchev–Trinajstić information content (AvgIpc) is 3.26. The molecule has 0 spiro atoms. The Hall–Kier alpha value is -3.12. The quantitative estimate of drug-likeness (QED) is 0.612. The summed E-state index contributed by atoms with van der Waals surface area (Å²) in [7, 11) is 0. The number of carbonyl (C=O) groups is 1. The number of nitrogens with zero attached hydrogens (tertiary/aromatic N) is 4. The second-order valence-electron chi connectivity index (χ2n) is 5.55. The fraction of sp³-hybridized carbons (Fsp3) is 0.0556. The van der Waals surface area contributed by atoms with Crippen LogP contribution in [-0.2, 0) is 11.3 Å². The molecule has 1 N–H and O–H groups in total. The molecule has 7 heteroatoms. The smallest absolute Gasteiger partial charge is 0.246 e. The molecule has 2 aromatic carbocycles. The van der Waals surface area contributed by atoms with Crippen molar-refractivity contribution >= 4 is 34.1 Å². The normalized spacial score (nSPS) is 10.9. The molecule has 0 radical (unpaired) electrons. The van der Waals surface area contributed by atoms with Gasteiger partial charge in [0, 0.05) is 23.5 Å². The third-order valence-electron chi connectivity index (χ3n) is 3.86. The molecule has 0 aliphatic heterocycles. The molecule has 0 aliphatic carbocycles. The molecule has 0 bridgehead atoms. The van der Waals surface area contributed by atoms with Crippen molar-refractivity contribution in [1.82, 2.24) is 19.3 Å². The molecule has 4 rings (SSSR count). The van der Waals surface area contributed by atoms with E-state index in [1.807, 2.05) is 41.1 Å². The molecule has 0 aliphatic rings. The monoisotopic (exact) mass is 351 g/mol. The van der Waals surface area contributed by atoms with E-state index in [2.05, 4.69) is 15.4 Å². The fourth-order valence-corrected chi connectivity index (χ4v) is 2.96. The lowest BCUT2D eigenvalue weighted by atomic mass is 10.2. The number of hydrogen-bond acceptors (Lipinski definition) is 3.